The Kier molecular flexibility index (Phi) is 6.29. The Balaban J connectivity index is 1.52. The van der Waals surface area contributed by atoms with E-state index in [-0.39, 0.29) is 36.2 Å². The van der Waals surface area contributed by atoms with Crippen LogP contribution in [-0.4, -0.2) is 62.5 Å². The second-order valence-electron chi connectivity index (χ2n) is 9.12. The van der Waals surface area contributed by atoms with Gasteiger partial charge in [0.05, 0.1) is 5.44 Å². The first-order chi connectivity index (χ1) is 16.4. The Morgan fingerprint density at radius 1 is 1.14 bits per heavy atom. The van der Waals surface area contributed by atoms with Crippen LogP contribution in [0.25, 0.3) is 0 Å². The third-order valence-corrected chi connectivity index (χ3v) is 7.09. The standard InChI is InChI=1S/C22H21B3ClF2N3O4/c23-17(29-19(34)22(27,28)13-2-4-14(26)5-3-13)11-1-6-15-12(9-11)10-30(18(15)33)21(24)8-7-16(32)31(25)20(21)35/h1-6,9,17H,7-8,10,23-25H2,(H,29,34)/t17?,21-/m1/s1. The summed E-state index contributed by atoms with van der Waals surface area (Å²) in [6, 6.07) is 9.60. The van der Waals surface area contributed by atoms with Gasteiger partial charge < -0.3 is 15.0 Å². The van der Waals surface area contributed by atoms with Gasteiger partial charge in [-0.2, -0.15) is 8.78 Å². The number of carbonyl (C=O) groups is 4. The molecule has 2 aliphatic rings. The van der Waals surface area contributed by atoms with Crippen molar-refractivity contribution < 1.29 is 28.0 Å². The predicted molar refractivity (Wildman–Crippen MR) is 132 cm³/mol. The molecule has 2 atom stereocenters. The molecule has 2 heterocycles. The minimum atomic E-state index is -3.76. The average molecular weight is 497 g/mol. The van der Waals surface area contributed by atoms with E-state index in [1.807, 2.05) is 0 Å². The molecule has 4 amide bonds. The summed E-state index contributed by atoms with van der Waals surface area (Å²) in [6.45, 7) is 0.133. The van der Waals surface area contributed by atoms with Crippen LogP contribution in [0, 0.1) is 0 Å². The number of nitrogens with zero attached hydrogens (tertiary/aromatic N) is 2. The SMILES string of the molecule is BC(NC(=O)C(F)(F)c1ccc(Cl)cc1)c1ccc2c(c1)CN([C@]1(B)CCC(=O)N(B)C1=O)C2=O. The number of imide groups is 1. The van der Waals surface area contributed by atoms with E-state index in [0.717, 1.165) is 16.9 Å². The molecule has 0 saturated carbocycles. The van der Waals surface area contributed by atoms with Gasteiger partial charge in [-0.25, -0.2) is 0 Å². The van der Waals surface area contributed by atoms with Gasteiger partial charge in [0.2, 0.25) is 19.8 Å². The highest BCUT2D eigenvalue weighted by Gasteiger charge is 2.50. The predicted octanol–water partition coefficient (Wildman–Crippen LogP) is -0.138. The van der Waals surface area contributed by atoms with Crippen LogP contribution in [0.15, 0.2) is 42.5 Å². The Morgan fingerprint density at radius 3 is 2.46 bits per heavy atom. The summed E-state index contributed by atoms with van der Waals surface area (Å²) in [6.07, 6.45) is 0.364. The van der Waals surface area contributed by atoms with Gasteiger partial charge in [0, 0.05) is 35.1 Å². The maximum absolute atomic E-state index is 14.7. The lowest BCUT2D eigenvalue weighted by Crippen LogP contribution is -2.64. The van der Waals surface area contributed by atoms with Gasteiger partial charge in [-0.3, -0.25) is 19.2 Å². The first-order valence-corrected chi connectivity index (χ1v) is 11.4. The van der Waals surface area contributed by atoms with Crippen molar-refractivity contribution in [2.75, 3.05) is 0 Å². The largest absolute Gasteiger partial charge is 0.352 e. The summed E-state index contributed by atoms with van der Waals surface area (Å²) in [5.74, 6) is -7.07. The number of piperidine rings is 1. The number of hydrogen-bond donors (Lipinski definition) is 1. The van der Waals surface area contributed by atoms with Gasteiger partial charge in [0.1, 0.15) is 15.7 Å². The van der Waals surface area contributed by atoms with Gasteiger partial charge in [0.15, 0.2) is 0 Å². The monoisotopic (exact) mass is 497 g/mol. The van der Waals surface area contributed by atoms with Crippen LogP contribution in [0.5, 0.6) is 0 Å². The van der Waals surface area contributed by atoms with Crippen LogP contribution in [0.4, 0.5) is 8.78 Å². The van der Waals surface area contributed by atoms with E-state index in [1.54, 1.807) is 33.9 Å². The van der Waals surface area contributed by atoms with E-state index in [1.165, 1.54) is 25.0 Å². The van der Waals surface area contributed by atoms with Gasteiger partial charge in [-0.1, -0.05) is 35.9 Å². The lowest BCUT2D eigenvalue weighted by atomic mass is 9.68. The van der Waals surface area contributed by atoms with Crippen molar-refractivity contribution in [1.82, 2.24) is 15.0 Å². The van der Waals surface area contributed by atoms with Crippen molar-refractivity contribution >= 4 is 58.9 Å². The summed E-state index contributed by atoms with van der Waals surface area (Å²) in [4.78, 5) is 52.7. The molecular formula is C22H21B3ClF2N3O4. The molecule has 0 aliphatic carbocycles. The highest BCUT2D eigenvalue weighted by atomic mass is 35.5. The molecule has 1 fully saturated rings. The van der Waals surface area contributed by atoms with E-state index >= 15 is 0 Å². The number of amides is 4. The van der Waals surface area contributed by atoms with Gasteiger partial charge in [0.25, 0.3) is 11.8 Å². The Bertz CT molecular complexity index is 1250. The number of halogens is 3. The van der Waals surface area contributed by atoms with Gasteiger partial charge >= 0.3 is 5.92 Å². The quantitative estimate of drug-likeness (QED) is 0.461. The summed E-state index contributed by atoms with van der Waals surface area (Å²) in [5, 5.41) is 2.61. The Hall–Kier alpha value is -3.14. The van der Waals surface area contributed by atoms with E-state index in [2.05, 4.69) is 5.32 Å². The fourth-order valence-corrected chi connectivity index (χ4v) is 4.65. The molecule has 4 rings (SSSR count). The molecule has 2 aliphatic heterocycles. The zero-order chi connectivity index (χ0) is 25.7. The normalized spacial score (nSPS) is 21.2. The van der Waals surface area contributed by atoms with Crippen molar-refractivity contribution in [1.29, 1.82) is 0 Å². The number of alkyl halides is 2. The number of carbonyl (C=O) groups excluding carboxylic acids is 4. The van der Waals surface area contributed by atoms with Crippen LogP contribution in [0.2, 0.25) is 5.02 Å². The van der Waals surface area contributed by atoms with Crippen LogP contribution in [0.1, 0.15) is 45.8 Å². The van der Waals surface area contributed by atoms with Crippen molar-refractivity contribution in [3.63, 3.8) is 0 Å². The van der Waals surface area contributed by atoms with E-state index < -0.39 is 34.7 Å². The lowest BCUT2D eigenvalue weighted by molar-refractivity contribution is -0.148. The maximum atomic E-state index is 14.7. The second kappa shape index (κ2) is 8.82. The number of rotatable bonds is 5. The molecule has 1 unspecified atom stereocenters. The summed E-state index contributed by atoms with van der Waals surface area (Å²) >= 11 is 5.74. The molecule has 0 aromatic heterocycles. The third-order valence-electron chi connectivity index (χ3n) is 6.83. The first kappa shape index (κ1) is 25.0. The number of benzene rings is 2. The minimum absolute atomic E-state index is 0.133. The van der Waals surface area contributed by atoms with Gasteiger partial charge in [-0.05, 0) is 35.7 Å². The van der Waals surface area contributed by atoms with Crippen molar-refractivity contribution in [2.45, 2.75) is 36.7 Å². The molecule has 7 nitrogen and oxygen atoms in total. The zero-order valence-electron chi connectivity index (χ0n) is 19.4. The number of fused-ring (bicyclic) bond motifs is 1. The van der Waals surface area contributed by atoms with Crippen LogP contribution < -0.4 is 5.32 Å². The number of nitrogens with one attached hydrogen (secondary N) is 1. The molecule has 13 heteroatoms. The molecule has 1 N–H and O–H groups in total. The Labute approximate surface area is 208 Å². The van der Waals surface area contributed by atoms with E-state index in [4.69, 9.17) is 11.6 Å². The molecule has 0 spiro atoms. The highest BCUT2D eigenvalue weighted by molar-refractivity contribution is 6.38. The van der Waals surface area contributed by atoms with Crippen molar-refractivity contribution in [3.8, 4) is 0 Å². The fraction of sp³-hybridized carbons (Fsp3) is 0.273. The van der Waals surface area contributed by atoms with E-state index in [0.29, 0.717) is 16.7 Å². The fourth-order valence-electron chi connectivity index (χ4n) is 4.52. The highest BCUT2D eigenvalue weighted by Crippen LogP contribution is 2.35. The summed E-state index contributed by atoms with van der Waals surface area (Å²) in [7, 11) is 4.61. The summed E-state index contributed by atoms with van der Waals surface area (Å²) in [5.41, 5.74) is -0.0972. The van der Waals surface area contributed by atoms with Crippen molar-refractivity contribution in [3.05, 3.63) is 69.7 Å². The zero-order valence-corrected chi connectivity index (χ0v) is 20.2. The average Bonchev–Trinajstić information content (AvgIpc) is 3.17. The molecular weight excluding hydrogens is 476 g/mol. The molecule has 35 heavy (non-hydrogen) atoms. The third kappa shape index (κ3) is 4.24. The number of hydrogen-bond acceptors (Lipinski definition) is 4. The molecule has 0 bridgehead atoms. The maximum Gasteiger partial charge on any atom is 0.349 e. The Morgan fingerprint density at radius 2 is 1.80 bits per heavy atom. The van der Waals surface area contributed by atoms with Crippen LogP contribution in [-0.2, 0) is 26.9 Å². The first-order valence-electron chi connectivity index (χ1n) is 11.1. The summed E-state index contributed by atoms with van der Waals surface area (Å²) < 4.78 is 29.3. The van der Waals surface area contributed by atoms with Gasteiger partial charge in [-0.15, -0.1) is 0 Å². The van der Waals surface area contributed by atoms with Crippen molar-refractivity contribution in [2.24, 2.45) is 0 Å². The smallest absolute Gasteiger partial charge is 0.349 e. The molecule has 2 aromatic carbocycles. The van der Waals surface area contributed by atoms with Crippen LogP contribution in [0.3, 0.4) is 0 Å². The molecule has 0 radical (unpaired) electrons. The topological polar surface area (TPSA) is 86.8 Å². The lowest BCUT2D eigenvalue weighted by Gasteiger charge is -2.43. The minimum Gasteiger partial charge on any atom is -0.352 e. The van der Waals surface area contributed by atoms with Crippen LogP contribution >= 0.6 is 11.6 Å². The molecule has 178 valence electrons. The second-order valence-corrected chi connectivity index (χ2v) is 9.55. The molecule has 1 saturated heterocycles. The van der Waals surface area contributed by atoms with E-state index in [9.17, 15) is 28.0 Å². The molecule has 2 aromatic rings.